The van der Waals surface area contributed by atoms with Gasteiger partial charge in [0.25, 0.3) is 0 Å². The van der Waals surface area contributed by atoms with Crippen LogP contribution in [-0.4, -0.2) is 31.3 Å². The maximum atomic E-state index is 11.0. The van der Waals surface area contributed by atoms with Crippen molar-refractivity contribution in [2.24, 2.45) is 11.3 Å². The molecule has 100 valence electrons. The average molecular weight is 252 g/mol. The molecule has 1 heterocycles. The first-order valence-corrected chi connectivity index (χ1v) is 6.35. The minimum absolute atomic E-state index is 0.0871. The number of hydrogen-bond acceptors (Lipinski definition) is 4. The van der Waals surface area contributed by atoms with Crippen molar-refractivity contribution < 1.29 is 9.90 Å². The summed E-state index contributed by atoms with van der Waals surface area (Å²) in [7, 11) is 0. The van der Waals surface area contributed by atoms with E-state index in [2.05, 4.69) is 36.3 Å². The van der Waals surface area contributed by atoms with Crippen molar-refractivity contribution in [1.29, 1.82) is 0 Å². The molecule has 1 aliphatic rings. The van der Waals surface area contributed by atoms with E-state index in [4.69, 9.17) is 5.11 Å². The highest BCUT2D eigenvalue weighted by molar-refractivity contribution is 5.67. The van der Waals surface area contributed by atoms with E-state index in [9.17, 15) is 4.79 Å². The number of carboxylic acid groups (broad SMARTS) is 1. The van der Waals surface area contributed by atoms with Crippen molar-refractivity contribution in [1.82, 2.24) is 20.2 Å². The van der Waals surface area contributed by atoms with Gasteiger partial charge >= 0.3 is 5.97 Å². The zero-order valence-electron chi connectivity index (χ0n) is 11.1. The topological polar surface area (TPSA) is 80.9 Å². The number of aliphatic carboxylic acids is 1. The Bertz CT molecular complexity index is 432. The first-order chi connectivity index (χ1) is 8.37. The van der Waals surface area contributed by atoms with Gasteiger partial charge < -0.3 is 5.11 Å². The van der Waals surface area contributed by atoms with Gasteiger partial charge in [-0.2, -0.15) is 0 Å². The average Bonchev–Trinajstić information content (AvgIpc) is 2.95. The number of carboxylic acids is 1. The van der Waals surface area contributed by atoms with Crippen molar-refractivity contribution in [3.05, 3.63) is 5.82 Å². The zero-order chi connectivity index (χ0) is 13.3. The number of rotatable bonds is 5. The molecular weight excluding hydrogens is 232 g/mol. The molecule has 1 unspecified atom stereocenters. The van der Waals surface area contributed by atoms with Crippen LogP contribution in [0, 0.1) is 11.3 Å². The van der Waals surface area contributed by atoms with Crippen LogP contribution in [0.3, 0.4) is 0 Å². The highest BCUT2D eigenvalue weighted by Gasteiger charge is 2.36. The van der Waals surface area contributed by atoms with Crippen molar-refractivity contribution in [2.75, 3.05) is 0 Å². The molecule has 1 atom stereocenters. The molecule has 6 nitrogen and oxygen atoms in total. The SMILES string of the molecule is CC(C)(C)Cc1nnnn1C(CC(=O)O)C1CC1. The number of hydrogen-bond donors (Lipinski definition) is 1. The van der Waals surface area contributed by atoms with Crippen LogP contribution in [-0.2, 0) is 11.2 Å². The van der Waals surface area contributed by atoms with Crippen LogP contribution in [0.25, 0.3) is 0 Å². The van der Waals surface area contributed by atoms with Crippen LogP contribution in [0.4, 0.5) is 0 Å². The molecule has 18 heavy (non-hydrogen) atoms. The molecule has 1 aromatic heterocycles. The molecule has 0 saturated heterocycles. The fourth-order valence-corrected chi connectivity index (χ4v) is 2.17. The predicted octanol–water partition coefficient (Wildman–Crippen LogP) is 1.69. The number of tetrazole rings is 1. The molecule has 6 heteroatoms. The third-order valence-electron chi connectivity index (χ3n) is 3.11. The van der Waals surface area contributed by atoms with E-state index < -0.39 is 5.97 Å². The molecule has 0 aromatic carbocycles. The summed E-state index contributed by atoms with van der Waals surface area (Å²) in [6, 6.07) is -0.0881. The summed E-state index contributed by atoms with van der Waals surface area (Å²) in [5.41, 5.74) is 0.0871. The molecule has 0 amide bonds. The Labute approximate surface area is 106 Å². The van der Waals surface area contributed by atoms with Crippen LogP contribution < -0.4 is 0 Å². The van der Waals surface area contributed by atoms with Crippen molar-refractivity contribution >= 4 is 5.97 Å². The summed E-state index contributed by atoms with van der Waals surface area (Å²) in [6.07, 6.45) is 3.01. The van der Waals surface area contributed by atoms with E-state index in [1.807, 2.05) is 0 Å². The van der Waals surface area contributed by atoms with Crippen LogP contribution in [0.2, 0.25) is 0 Å². The van der Waals surface area contributed by atoms with Gasteiger partial charge in [0.2, 0.25) is 0 Å². The Morgan fingerprint density at radius 1 is 1.50 bits per heavy atom. The van der Waals surface area contributed by atoms with E-state index >= 15 is 0 Å². The molecule has 0 aliphatic heterocycles. The lowest BCUT2D eigenvalue weighted by Gasteiger charge is -2.20. The van der Waals surface area contributed by atoms with E-state index in [-0.39, 0.29) is 17.9 Å². The Hall–Kier alpha value is -1.46. The fraction of sp³-hybridized carbons (Fsp3) is 0.833. The van der Waals surface area contributed by atoms with Crippen LogP contribution >= 0.6 is 0 Å². The quantitative estimate of drug-likeness (QED) is 0.862. The Morgan fingerprint density at radius 2 is 2.17 bits per heavy atom. The number of aromatic nitrogens is 4. The normalized spacial score (nSPS) is 17.7. The van der Waals surface area contributed by atoms with Gasteiger partial charge in [-0.25, -0.2) is 4.68 Å². The summed E-state index contributed by atoms with van der Waals surface area (Å²) in [4.78, 5) is 11.0. The van der Waals surface area contributed by atoms with Crippen LogP contribution in [0.5, 0.6) is 0 Å². The second kappa shape index (κ2) is 4.66. The molecule has 1 N–H and O–H groups in total. The van der Waals surface area contributed by atoms with Crippen molar-refractivity contribution in [3.63, 3.8) is 0 Å². The van der Waals surface area contributed by atoms with Gasteiger partial charge in [-0.1, -0.05) is 20.8 Å². The fourth-order valence-electron chi connectivity index (χ4n) is 2.17. The number of carbonyl (C=O) groups is 1. The molecule has 2 rings (SSSR count). The molecular formula is C12H20N4O2. The van der Waals surface area contributed by atoms with Gasteiger partial charge in [-0.3, -0.25) is 4.79 Å². The molecule has 0 spiro atoms. The Balaban J connectivity index is 2.19. The Kier molecular flexibility index (Phi) is 3.36. The van der Waals surface area contributed by atoms with Crippen LogP contribution in [0.1, 0.15) is 51.9 Å². The third-order valence-corrected chi connectivity index (χ3v) is 3.11. The van der Waals surface area contributed by atoms with E-state index in [1.165, 1.54) is 0 Å². The lowest BCUT2D eigenvalue weighted by molar-refractivity contribution is -0.138. The second-order valence-corrected chi connectivity index (χ2v) is 6.28. The standard InChI is InChI=1S/C12H20N4O2/c1-12(2,3)7-10-13-14-15-16(10)9(6-11(17)18)8-4-5-8/h8-9H,4-7H2,1-3H3,(H,17,18). The van der Waals surface area contributed by atoms with Gasteiger partial charge in [-0.15, -0.1) is 5.10 Å². The third kappa shape index (κ3) is 3.27. The van der Waals surface area contributed by atoms with E-state index in [1.54, 1.807) is 4.68 Å². The molecule has 1 aromatic rings. The molecule has 0 radical (unpaired) electrons. The van der Waals surface area contributed by atoms with Gasteiger partial charge in [-0.05, 0) is 34.6 Å². The lowest BCUT2D eigenvalue weighted by Crippen LogP contribution is -2.22. The van der Waals surface area contributed by atoms with Crippen molar-refractivity contribution in [2.45, 2.75) is 52.5 Å². The molecule has 0 bridgehead atoms. The Morgan fingerprint density at radius 3 is 2.67 bits per heavy atom. The minimum Gasteiger partial charge on any atom is -0.481 e. The highest BCUT2D eigenvalue weighted by atomic mass is 16.4. The predicted molar refractivity (Wildman–Crippen MR) is 65.0 cm³/mol. The largest absolute Gasteiger partial charge is 0.481 e. The minimum atomic E-state index is -0.788. The second-order valence-electron chi connectivity index (χ2n) is 6.28. The smallest absolute Gasteiger partial charge is 0.305 e. The monoisotopic (exact) mass is 252 g/mol. The van der Waals surface area contributed by atoms with Gasteiger partial charge in [0, 0.05) is 6.42 Å². The summed E-state index contributed by atoms with van der Waals surface area (Å²) in [5, 5.41) is 20.8. The summed E-state index contributed by atoms with van der Waals surface area (Å²) in [6.45, 7) is 6.36. The zero-order valence-corrected chi connectivity index (χ0v) is 11.1. The highest BCUT2D eigenvalue weighted by Crippen LogP contribution is 2.41. The first-order valence-electron chi connectivity index (χ1n) is 6.35. The molecule has 1 saturated carbocycles. The molecule has 1 fully saturated rings. The summed E-state index contributed by atoms with van der Waals surface area (Å²) in [5.74, 6) is 0.424. The van der Waals surface area contributed by atoms with Gasteiger partial charge in [0.05, 0.1) is 12.5 Å². The number of nitrogens with zero attached hydrogens (tertiary/aromatic N) is 4. The maximum Gasteiger partial charge on any atom is 0.305 e. The summed E-state index contributed by atoms with van der Waals surface area (Å²) < 4.78 is 1.73. The molecule has 1 aliphatic carbocycles. The van der Waals surface area contributed by atoms with Gasteiger partial charge in [0.15, 0.2) is 5.82 Å². The van der Waals surface area contributed by atoms with Gasteiger partial charge in [0.1, 0.15) is 0 Å². The van der Waals surface area contributed by atoms with Crippen molar-refractivity contribution in [3.8, 4) is 0 Å². The van der Waals surface area contributed by atoms with E-state index in [0.29, 0.717) is 5.92 Å². The van der Waals surface area contributed by atoms with E-state index in [0.717, 1.165) is 25.1 Å². The maximum absolute atomic E-state index is 11.0. The van der Waals surface area contributed by atoms with Crippen LogP contribution in [0.15, 0.2) is 0 Å². The first kappa shape index (κ1) is 13.0. The lowest BCUT2D eigenvalue weighted by atomic mass is 9.92. The summed E-state index contributed by atoms with van der Waals surface area (Å²) >= 11 is 0.